The lowest BCUT2D eigenvalue weighted by molar-refractivity contribution is 0.0826. The number of halogens is 2. The Morgan fingerprint density at radius 1 is 1.36 bits per heavy atom. The quantitative estimate of drug-likeness (QED) is 0.752. The van der Waals surface area contributed by atoms with Crippen LogP contribution >= 0.6 is 11.6 Å². The van der Waals surface area contributed by atoms with E-state index in [4.69, 9.17) is 16.3 Å². The van der Waals surface area contributed by atoms with Gasteiger partial charge in [0.15, 0.2) is 0 Å². The maximum absolute atomic E-state index is 14.6. The van der Waals surface area contributed by atoms with Crippen molar-refractivity contribution < 1.29 is 13.9 Å². The highest BCUT2D eigenvalue weighted by Gasteiger charge is 2.28. The van der Waals surface area contributed by atoms with Crippen LogP contribution in [0.2, 0.25) is 5.15 Å². The standard InChI is InChI=1S/C16H14ClFN2O2/c1-8-10-6-14(17)19-7-11(10)15-12(18)4-9(5-13(15)22-8)16(21)20(2)3/h4-8H,1-3H3. The largest absolute Gasteiger partial charge is 0.485 e. The number of nitrogens with zero attached hydrogens (tertiary/aromatic N) is 2. The van der Waals surface area contributed by atoms with Gasteiger partial charge >= 0.3 is 0 Å². The van der Waals surface area contributed by atoms with E-state index >= 15 is 0 Å². The number of hydrogen-bond acceptors (Lipinski definition) is 3. The first-order chi connectivity index (χ1) is 10.4. The Morgan fingerprint density at radius 2 is 2.09 bits per heavy atom. The highest BCUT2D eigenvalue weighted by molar-refractivity contribution is 6.29. The van der Waals surface area contributed by atoms with Gasteiger partial charge in [-0.05, 0) is 25.1 Å². The predicted molar refractivity (Wildman–Crippen MR) is 81.7 cm³/mol. The second-order valence-corrected chi connectivity index (χ2v) is 5.77. The van der Waals surface area contributed by atoms with Gasteiger partial charge in [0.05, 0.1) is 5.56 Å². The molecule has 0 fully saturated rings. The van der Waals surface area contributed by atoms with Crippen LogP contribution in [-0.4, -0.2) is 29.9 Å². The number of benzene rings is 1. The zero-order valence-electron chi connectivity index (χ0n) is 12.4. The molecule has 1 amide bonds. The molecule has 0 spiro atoms. The number of carbonyl (C=O) groups excluding carboxylic acids is 1. The number of aromatic nitrogens is 1. The van der Waals surface area contributed by atoms with Crippen molar-refractivity contribution in [3.8, 4) is 16.9 Å². The van der Waals surface area contributed by atoms with Gasteiger partial charge in [-0.3, -0.25) is 4.79 Å². The molecule has 2 aromatic rings. The fraction of sp³-hybridized carbons (Fsp3) is 0.250. The van der Waals surface area contributed by atoms with E-state index in [0.717, 1.165) is 5.56 Å². The van der Waals surface area contributed by atoms with Crippen molar-refractivity contribution in [3.05, 3.63) is 46.5 Å². The molecule has 22 heavy (non-hydrogen) atoms. The fourth-order valence-electron chi connectivity index (χ4n) is 2.56. The van der Waals surface area contributed by atoms with Gasteiger partial charge in [0.25, 0.3) is 5.91 Å². The van der Waals surface area contributed by atoms with Crippen molar-refractivity contribution in [3.63, 3.8) is 0 Å². The number of amides is 1. The summed E-state index contributed by atoms with van der Waals surface area (Å²) < 4.78 is 20.3. The summed E-state index contributed by atoms with van der Waals surface area (Å²) in [5.41, 5.74) is 1.98. The van der Waals surface area contributed by atoms with Crippen molar-refractivity contribution in [2.24, 2.45) is 0 Å². The molecule has 0 bridgehead atoms. The van der Waals surface area contributed by atoms with Crippen LogP contribution in [0.3, 0.4) is 0 Å². The molecular formula is C16H14ClFN2O2. The molecule has 1 atom stereocenters. The van der Waals surface area contributed by atoms with Crippen LogP contribution in [0, 0.1) is 5.82 Å². The summed E-state index contributed by atoms with van der Waals surface area (Å²) in [6.45, 7) is 1.84. The predicted octanol–water partition coefficient (Wildman–Crippen LogP) is 3.70. The van der Waals surface area contributed by atoms with Gasteiger partial charge in [0.2, 0.25) is 0 Å². The summed E-state index contributed by atoms with van der Waals surface area (Å²) >= 11 is 5.90. The molecule has 2 heterocycles. The van der Waals surface area contributed by atoms with Crippen molar-refractivity contribution in [2.75, 3.05) is 14.1 Å². The fourth-order valence-corrected chi connectivity index (χ4v) is 2.73. The lowest BCUT2D eigenvalue weighted by Gasteiger charge is -2.27. The first-order valence-electron chi connectivity index (χ1n) is 6.76. The number of fused-ring (bicyclic) bond motifs is 3. The number of hydrogen-bond donors (Lipinski definition) is 0. The van der Waals surface area contributed by atoms with Gasteiger partial charge in [0.1, 0.15) is 22.8 Å². The molecular weight excluding hydrogens is 307 g/mol. The third kappa shape index (κ3) is 2.31. The molecule has 0 saturated heterocycles. The van der Waals surface area contributed by atoms with Gasteiger partial charge in [-0.2, -0.15) is 0 Å². The second kappa shape index (κ2) is 5.25. The second-order valence-electron chi connectivity index (χ2n) is 5.39. The molecule has 1 aromatic carbocycles. The summed E-state index contributed by atoms with van der Waals surface area (Å²) in [6, 6.07) is 4.45. The number of ether oxygens (including phenoxy) is 1. The molecule has 3 rings (SSSR count). The lowest BCUT2D eigenvalue weighted by atomic mass is 9.93. The minimum absolute atomic E-state index is 0.249. The molecule has 114 valence electrons. The SMILES string of the molecule is CC1Oc2cc(C(=O)N(C)C)cc(F)c2-c2cnc(Cl)cc21. The zero-order valence-corrected chi connectivity index (χ0v) is 13.1. The van der Waals surface area contributed by atoms with Crippen molar-refractivity contribution >= 4 is 17.5 Å². The molecule has 1 aliphatic heterocycles. The molecule has 0 radical (unpaired) electrons. The van der Waals surface area contributed by atoms with E-state index in [9.17, 15) is 9.18 Å². The average Bonchev–Trinajstić information content (AvgIpc) is 2.46. The van der Waals surface area contributed by atoms with E-state index in [1.165, 1.54) is 17.2 Å². The Labute approximate surface area is 132 Å². The van der Waals surface area contributed by atoms with E-state index in [1.807, 2.05) is 6.92 Å². The van der Waals surface area contributed by atoms with E-state index in [0.29, 0.717) is 22.0 Å². The van der Waals surface area contributed by atoms with Crippen LogP contribution in [0.4, 0.5) is 4.39 Å². The Bertz CT molecular complexity index is 777. The topological polar surface area (TPSA) is 42.4 Å². The van der Waals surface area contributed by atoms with Gasteiger partial charge in [0, 0.05) is 37.0 Å². The molecule has 4 nitrogen and oxygen atoms in total. The summed E-state index contributed by atoms with van der Waals surface area (Å²) in [4.78, 5) is 17.4. The number of rotatable bonds is 1. The molecule has 0 N–H and O–H groups in total. The number of pyridine rings is 1. The maximum atomic E-state index is 14.6. The van der Waals surface area contributed by atoms with Crippen molar-refractivity contribution in [1.82, 2.24) is 9.88 Å². The van der Waals surface area contributed by atoms with Crippen LogP contribution in [0.5, 0.6) is 5.75 Å². The number of carbonyl (C=O) groups is 1. The van der Waals surface area contributed by atoms with Gasteiger partial charge < -0.3 is 9.64 Å². The van der Waals surface area contributed by atoms with Gasteiger partial charge in [-0.25, -0.2) is 9.37 Å². The molecule has 1 unspecified atom stereocenters. The zero-order chi connectivity index (χ0) is 16.0. The highest BCUT2D eigenvalue weighted by atomic mass is 35.5. The van der Waals surface area contributed by atoms with Crippen molar-refractivity contribution in [2.45, 2.75) is 13.0 Å². The Balaban J connectivity index is 2.20. The van der Waals surface area contributed by atoms with Crippen LogP contribution in [-0.2, 0) is 0 Å². The maximum Gasteiger partial charge on any atom is 0.253 e. The minimum Gasteiger partial charge on any atom is -0.485 e. The molecule has 1 aliphatic rings. The highest BCUT2D eigenvalue weighted by Crippen LogP contribution is 2.44. The van der Waals surface area contributed by atoms with E-state index < -0.39 is 5.82 Å². The molecule has 6 heteroatoms. The van der Waals surface area contributed by atoms with E-state index in [-0.39, 0.29) is 17.6 Å². The first-order valence-corrected chi connectivity index (χ1v) is 7.14. The van der Waals surface area contributed by atoms with Crippen LogP contribution in [0.25, 0.3) is 11.1 Å². The third-order valence-electron chi connectivity index (χ3n) is 3.62. The Morgan fingerprint density at radius 3 is 2.77 bits per heavy atom. The normalized spacial score (nSPS) is 15.6. The average molecular weight is 321 g/mol. The van der Waals surface area contributed by atoms with Crippen LogP contribution in [0.1, 0.15) is 28.9 Å². The van der Waals surface area contributed by atoms with E-state index in [2.05, 4.69) is 4.98 Å². The van der Waals surface area contributed by atoms with Crippen LogP contribution in [0.15, 0.2) is 24.4 Å². The smallest absolute Gasteiger partial charge is 0.253 e. The van der Waals surface area contributed by atoms with Gasteiger partial charge in [-0.1, -0.05) is 11.6 Å². The Kier molecular flexibility index (Phi) is 3.53. The summed E-state index contributed by atoms with van der Waals surface area (Å²) in [5, 5.41) is 0.331. The van der Waals surface area contributed by atoms with Crippen molar-refractivity contribution in [1.29, 1.82) is 0 Å². The molecule has 0 aliphatic carbocycles. The Hall–Kier alpha value is -2.14. The summed E-state index contributed by atoms with van der Waals surface area (Å²) in [5.74, 6) is -0.452. The lowest BCUT2D eigenvalue weighted by Crippen LogP contribution is -2.22. The monoisotopic (exact) mass is 320 g/mol. The summed E-state index contributed by atoms with van der Waals surface area (Å²) in [7, 11) is 3.23. The summed E-state index contributed by atoms with van der Waals surface area (Å²) in [6.07, 6.45) is 1.23. The minimum atomic E-state index is -0.514. The molecule has 0 saturated carbocycles. The third-order valence-corrected chi connectivity index (χ3v) is 3.83. The van der Waals surface area contributed by atoms with Gasteiger partial charge in [-0.15, -0.1) is 0 Å². The van der Waals surface area contributed by atoms with Crippen LogP contribution < -0.4 is 4.74 Å². The first kappa shape index (κ1) is 14.8. The van der Waals surface area contributed by atoms with E-state index in [1.54, 1.807) is 26.2 Å². The molecule has 1 aromatic heterocycles.